The predicted molar refractivity (Wildman–Crippen MR) is 270 cm³/mol. The van der Waals surface area contributed by atoms with Gasteiger partial charge in [-0.25, -0.2) is 0 Å². The van der Waals surface area contributed by atoms with Crippen LogP contribution in [0.25, 0.3) is 0 Å². The van der Waals surface area contributed by atoms with E-state index in [0.717, 1.165) is 83.5 Å². The minimum absolute atomic E-state index is 0.0944. The lowest BCUT2D eigenvalue weighted by molar-refractivity contribution is -0.166. The highest BCUT2D eigenvalue weighted by molar-refractivity contribution is 5.72. The van der Waals surface area contributed by atoms with Crippen LogP contribution in [0.3, 0.4) is 0 Å². The van der Waals surface area contributed by atoms with E-state index in [1.165, 1.54) is 116 Å². The van der Waals surface area contributed by atoms with Crippen LogP contribution in [0.1, 0.15) is 239 Å². The van der Waals surface area contributed by atoms with Crippen molar-refractivity contribution in [1.29, 1.82) is 0 Å². The summed E-state index contributed by atoms with van der Waals surface area (Å²) in [5.74, 6) is -1.06. The first kappa shape index (κ1) is 59.6. The quantitative estimate of drug-likeness (QED) is 0.0262. The smallest absolute Gasteiger partial charge is 0.310 e. The summed E-state index contributed by atoms with van der Waals surface area (Å²) in [6.07, 6.45) is 66.0. The maximum atomic E-state index is 12.7. The molecule has 0 radical (unpaired) electrons. The zero-order valence-electron chi connectivity index (χ0n) is 41.1. The highest BCUT2D eigenvalue weighted by atomic mass is 16.6. The lowest BCUT2D eigenvalue weighted by atomic mass is 10.1. The van der Waals surface area contributed by atoms with Crippen LogP contribution in [0.5, 0.6) is 0 Å². The van der Waals surface area contributed by atoms with E-state index in [1.807, 2.05) is 6.08 Å². The van der Waals surface area contributed by atoms with Crippen LogP contribution in [0.15, 0.2) is 85.1 Å². The normalized spacial score (nSPS) is 12.7. The molecule has 6 heteroatoms. The van der Waals surface area contributed by atoms with Crippen molar-refractivity contribution in [1.82, 2.24) is 0 Å². The summed E-state index contributed by atoms with van der Waals surface area (Å²) < 4.78 is 16.7. The highest BCUT2D eigenvalue weighted by Crippen LogP contribution is 2.14. The molecule has 63 heavy (non-hydrogen) atoms. The Morgan fingerprint density at radius 1 is 0.349 bits per heavy atom. The fourth-order valence-electron chi connectivity index (χ4n) is 6.96. The molecule has 0 fully saturated rings. The Bertz CT molecular complexity index is 1240. The van der Waals surface area contributed by atoms with Crippen molar-refractivity contribution < 1.29 is 28.6 Å². The van der Waals surface area contributed by atoms with Crippen LogP contribution in [0.4, 0.5) is 0 Å². The average Bonchev–Trinajstić information content (AvgIpc) is 3.28. The van der Waals surface area contributed by atoms with Gasteiger partial charge in [-0.2, -0.15) is 0 Å². The van der Waals surface area contributed by atoms with Crippen molar-refractivity contribution in [2.45, 2.75) is 245 Å². The van der Waals surface area contributed by atoms with E-state index in [0.29, 0.717) is 12.8 Å². The second-order valence-corrected chi connectivity index (χ2v) is 17.1. The number of hydrogen-bond donors (Lipinski definition) is 0. The molecule has 0 aliphatic rings. The molecular weight excluding hydrogens is 781 g/mol. The van der Waals surface area contributed by atoms with Gasteiger partial charge in [-0.15, -0.1) is 0 Å². The molecule has 0 aromatic rings. The molecule has 0 amide bonds. The van der Waals surface area contributed by atoms with Gasteiger partial charge >= 0.3 is 17.9 Å². The molecule has 0 saturated heterocycles. The van der Waals surface area contributed by atoms with Crippen LogP contribution in [0, 0.1) is 0 Å². The van der Waals surface area contributed by atoms with Gasteiger partial charge in [0.15, 0.2) is 6.10 Å². The first-order valence-electron chi connectivity index (χ1n) is 26.1. The molecule has 0 aromatic heterocycles. The first-order chi connectivity index (χ1) is 31.0. The van der Waals surface area contributed by atoms with Gasteiger partial charge in [0.1, 0.15) is 13.2 Å². The molecular formula is C57H96O6. The summed E-state index contributed by atoms with van der Waals surface area (Å²) >= 11 is 0. The fraction of sp³-hybridized carbons (Fsp3) is 0.702. The molecule has 1 unspecified atom stereocenters. The van der Waals surface area contributed by atoms with E-state index in [4.69, 9.17) is 14.2 Å². The minimum Gasteiger partial charge on any atom is -0.462 e. The van der Waals surface area contributed by atoms with Crippen molar-refractivity contribution >= 4 is 17.9 Å². The standard InChI is InChI=1S/C57H96O6/c1-4-7-10-13-16-19-22-24-26-27-28-29-31-32-35-38-41-44-47-50-56(59)62-53-54(52-61-55(58)49-46-43-40-37-34-21-18-15-12-9-6-3)63-57(60)51-48-45-42-39-36-33-30-25-23-20-17-14-11-8-5-2/h8,11,15,17-18,20,24-26,30,36,39,45,48,54H,4-7,9-10,12-14,16,19,21-23,27-29,31-35,37-38,40-44,46-47,49-53H2,1-3H3/b11-8-,18-15-,20-17-,26-24-,30-25-,39-36-,48-45-. The Kier molecular flexibility index (Phi) is 48.5. The third-order valence-corrected chi connectivity index (χ3v) is 10.9. The van der Waals surface area contributed by atoms with Gasteiger partial charge in [-0.3, -0.25) is 14.4 Å². The van der Waals surface area contributed by atoms with Crippen LogP contribution >= 0.6 is 0 Å². The number of carbonyl (C=O) groups excluding carboxylic acids is 3. The van der Waals surface area contributed by atoms with Crippen molar-refractivity contribution in [2.24, 2.45) is 0 Å². The predicted octanol–water partition coefficient (Wildman–Crippen LogP) is 17.2. The van der Waals surface area contributed by atoms with Crippen molar-refractivity contribution in [3.05, 3.63) is 85.1 Å². The zero-order chi connectivity index (χ0) is 45.8. The molecule has 0 rings (SSSR count). The number of hydrogen-bond acceptors (Lipinski definition) is 6. The van der Waals surface area contributed by atoms with Gasteiger partial charge in [-0.1, -0.05) is 215 Å². The molecule has 0 N–H and O–H groups in total. The third-order valence-electron chi connectivity index (χ3n) is 10.9. The molecule has 0 spiro atoms. The largest absolute Gasteiger partial charge is 0.462 e. The molecule has 1 atom stereocenters. The van der Waals surface area contributed by atoms with E-state index in [9.17, 15) is 14.4 Å². The maximum absolute atomic E-state index is 12.7. The summed E-state index contributed by atoms with van der Waals surface area (Å²) in [7, 11) is 0. The third kappa shape index (κ3) is 49.5. The Morgan fingerprint density at radius 3 is 1.08 bits per heavy atom. The van der Waals surface area contributed by atoms with Crippen LogP contribution in [-0.2, 0) is 28.6 Å². The molecule has 6 nitrogen and oxygen atoms in total. The molecule has 0 aliphatic carbocycles. The van der Waals surface area contributed by atoms with Gasteiger partial charge in [-0.05, 0) is 89.9 Å². The number of rotatable bonds is 46. The van der Waals surface area contributed by atoms with Crippen LogP contribution < -0.4 is 0 Å². The summed E-state index contributed by atoms with van der Waals surface area (Å²) in [5.41, 5.74) is 0. The Balaban J connectivity index is 4.45. The lowest BCUT2D eigenvalue weighted by Crippen LogP contribution is -2.30. The maximum Gasteiger partial charge on any atom is 0.310 e. The fourth-order valence-corrected chi connectivity index (χ4v) is 6.96. The van der Waals surface area contributed by atoms with Gasteiger partial charge in [0.25, 0.3) is 0 Å². The van der Waals surface area contributed by atoms with Crippen molar-refractivity contribution in [3.8, 4) is 0 Å². The van der Waals surface area contributed by atoms with E-state index in [1.54, 1.807) is 6.08 Å². The van der Waals surface area contributed by atoms with Crippen molar-refractivity contribution in [2.75, 3.05) is 13.2 Å². The van der Waals surface area contributed by atoms with Gasteiger partial charge in [0.2, 0.25) is 0 Å². The Morgan fingerprint density at radius 2 is 0.683 bits per heavy atom. The topological polar surface area (TPSA) is 78.9 Å². The molecule has 0 bridgehead atoms. The summed E-state index contributed by atoms with van der Waals surface area (Å²) in [6.45, 7) is 6.39. The molecule has 360 valence electrons. The molecule has 0 saturated carbocycles. The first-order valence-corrected chi connectivity index (χ1v) is 26.1. The molecule has 0 aromatic carbocycles. The second kappa shape index (κ2) is 51.2. The number of ether oxygens (including phenoxy) is 3. The monoisotopic (exact) mass is 877 g/mol. The molecule has 0 heterocycles. The number of carbonyl (C=O) groups is 3. The van der Waals surface area contributed by atoms with E-state index >= 15 is 0 Å². The highest BCUT2D eigenvalue weighted by Gasteiger charge is 2.19. The summed E-state index contributed by atoms with van der Waals surface area (Å²) in [5, 5.41) is 0. The van der Waals surface area contributed by atoms with E-state index < -0.39 is 12.1 Å². The van der Waals surface area contributed by atoms with Crippen molar-refractivity contribution in [3.63, 3.8) is 0 Å². The van der Waals surface area contributed by atoms with Gasteiger partial charge < -0.3 is 14.2 Å². The van der Waals surface area contributed by atoms with Crippen LogP contribution in [-0.4, -0.2) is 37.2 Å². The number of esters is 3. The number of allylic oxidation sites excluding steroid dienone is 13. The SMILES string of the molecule is CC/C=C\C/C=C\C/C=C\C/C=C\C/C=C\CC(=O)OC(COC(=O)CCCCCCC/C=C\CCCC)COC(=O)CCCCCCCCCCC/C=C\CCCCCCCC. The number of unbranched alkanes of at least 4 members (excludes halogenated alkanes) is 22. The molecule has 0 aliphatic heterocycles. The zero-order valence-corrected chi connectivity index (χ0v) is 41.1. The lowest BCUT2D eigenvalue weighted by Gasteiger charge is -2.18. The van der Waals surface area contributed by atoms with E-state index in [2.05, 4.69) is 93.7 Å². The summed E-state index contributed by atoms with van der Waals surface area (Å²) in [6, 6.07) is 0. The Labute approximate surface area is 388 Å². The second-order valence-electron chi connectivity index (χ2n) is 17.1. The van der Waals surface area contributed by atoms with Crippen LogP contribution in [0.2, 0.25) is 0 Å². The average molecular weight is 877 g/mol. The van der Waals surface area contributed by atoms with Gasteiger partial charge in [0, 0.05) is 12.8 Å². The Hall–Kier alpha value is -3.41. The van der Waals surface area contributed by atoms with E-state index in [-0.39, 0.29) is 31.6 Å². The minimum atomic E-state index is -0.834. The van der Waals surface area contributed by atoms with Gasteiger partial charge in [0.05, 0.1) is 6.42 Å². The summed E-state index contributed by atoms with van der Waals surface area (Å²) in [4.78, 5) is 37.9.